The fraction of sp³-hybridized carbons (Fsp3) is 1.00. The third-order valence-electron chi connectivity index (χ3n) is 4.55. The fourth-order valence-electron chi connectivity index (χ4n) is 3.41. The molecule has 1 aliphatic carbocycles. The Morgan fingerprint density at radius 1 is 1.29 bits per heavy atom. The summed E-state index contributed by atoms with van der Waals surface area (Å²) < 4.78 is 23.3. The van der Waals surface area contributed by atoms with E-state index >= 15 is 0 Å². The molecule has 2 fully saturated rings. The first-order valence-electron chi connectivity index (χ1n) is 6.58. The van der Waals surface area contributed by atoms with Gasteiger partial charge >= 0.3 is 0 Å². The number of nitrogens with two attached hydrogens (primary N) is 1. The van der Waals surface area contributed by atoms with Crippen molar-refractivity contribution < 1.29 is 13.5 Å². The first-order chi connectivity index (χ1) is 7.99. The average molecular weight is 261 g/mol. The highest BCUT2D eigenvalue weighted by atomic mass is 32.2. The minimum Gasteiger partial charge on any atom is -0.392 e. The molecule has 1 saturated heterocycles. The molecule has 0 aromatic rings. The molecule has 0 spiro atoms. The van der Waals surface area contributed by atoms with Crippen molar-refractivity contribution in [2.45, 2.75) is 44.6 Å². The predicted molar refractivity (Wildman–Crippen MR) is 67.3 cm³/mol. The molecule has 4 nitrogen and oxygen atoms in total. The lowest BCUT2D eigenvalue weighted by atomic mass is 9.71. The molecule has 0 amide bonds. The van der Waals surface area contributed by atoms with Gasteiger partial charge in [-0.05, 0) is 25.2 Å². The standard InChI is InChI=1S/C12H23NO3S/c13-8-12(6-7-17(15,16)9-12)11(14)10-4-2-1-3-5-10/h10-11,14H,1-9,13H2. The van der Waals surface area contributed by atoms with E-state index in [0.29, 0.717) is 6.42 Å². The maximum atomic E-state index is 11.6. The molecule has 100 valence electrons. The summed E-state index contributed by atoms with van der Waals surface area (Å²) in [5.41, 5.74) is 5.20. The molecule has 0 bridgehead atoms. The average Bonchev–Trinajstić information content (AvgIpc) is 2.66. The smallest absolute Gasteiger partial charge is 0.151 e. The Balaban J connectivity index is 2.12. The number of sulfone groups is 1. The van der Waals surface area contributed by atoms with E-state index in [9.17, 15) is 13.5 Å². The molecule has 0 radical (unpaired) electrons. The van der Waals surface area contributed by atoms with Gasteiger partial charge in [-0.15, -0.1) is 0 Å². The van der Waals surface area contributed by atoms with Gasteiger partial charge < -0.3 is 10.8 Å². The maximum absolute atomic E-state index is 11.6. The van der Waals surface area contributed by atoms with Crippen LogP contribution < -0.4 is 5.73 Å². The molecular weight excluding hydrogens is 238 g/mol. The summed E-state index contributed by atoms with van der Waals surface area (Å²) in [6, 6.07) is 0. The van der Waals surface area contributed by atoms with Crippen molar-refractivity contribution >= 4 is 9.84 Å². The molecule has 2 atom stereocenters. The summed E-state index contributed by atoms with van der Waals surface area (Å²) in [5.74, 6) is 0.517. The van der Waals surface area contributed by atoms with Crippen LogP contribution in [0.1, 0.15) is 38.5 Å². The van der Waals surface area contributed by atoms with Crippen LogP contribution in [0.15, 0.2) is 0 Å². The molecule has 1 saturated carbocycles. The highest BCUT2D eigenvalue weighted by Gasteiger charge is 2.48. The zero-order valence-corrected chi connectivity index (χ0v) is 11.1. The van der Waals surface area contributed by atoms with Gasteiger partial charge in [-0.3, -0.25) is 0 Å². The maximum Gasteiger partial charge on any atom is 0.151 e. The van der Waals surface area contributed by atoms with Gasteiger partial charge in [0, 0.05) is 12.0 Å². The zero-order valence-electron chi connectivity index (χ0n) is 10.3. The fourth-order valence-corrected chi connectivity index (χ4v) is 5.58. The Morgan fingerprint density at radius 2 is 1.94 bits per heavy atom. The highest BCUT2D eigenvalue weighted by Crippen LogP contribution is 2.41. The second-order valence-corrected chi connectivity index (χ2v) is 7.94. The molecule has 0 aromatic carbocycles. The van der Waals surface area contributed by atoms with E-state index in [1.807, 2.05) is 0 Å². The number of hydrogen-bond donors (Lipinski definition) is 2. The Labute approximate surface area is 104 Å². The van der Waals surface area contributed by atoms with Crippen LogP contribution in [-0.2, 0) is 9.84 Å². The topological polar surface area (TPSA) is 80.4 Å². The van der Waals surface area contributed by atoms with Crippen molar-refractivity contribution in [3.63, 3.8) is 0 Å². The first kappa shape index (κ1) is 13.3. The van der Waals surface area contributed by atoms with Crippen molar-refractivity contribution in [2.75, 3.05) is 18.1 Å². The minimum absolute atomic E-state index is 0.0775. The molecule has 5 heteroatoms. The molecule has 1 aliphatic heterocycles. The minimum atomic E-state index is -2.99. The summed E-state index contributed by atoms with van der Waals surface area (Å²) in [5, 5.41) is 10.5. The Morgan fingerprint density at radius 3 is 2.41 bits per heavy atom. The van der Waals surface area contributed by atoms with Gasteiger partial charge in [0.1, 0.15) is 0 Å². The van der Waals surface area contributed by atoms with E-state index in [2.05, 4.69) is 0 Å². The predicted octanol–water partition coefficient (Wildman–Crippen LogP) is 0.691. The quantitative estimate of drug-likeness (QED) is 0.783. The van der Waals surface area contributed by atoms with Gasteiger partial charge in [-0.2, -0.15) is 0 Å². The van der Waals surface area contributed by atoms with Crippen LogP contribution in [0.3, 0.4) is 0 Å². The van der Waals surface area contributed by atoms with E-state index in [1.54, 1.807) is 0 Å². The van der Waals surface area contributed by atoms with Crippen molar-refractivity contribution in [1.82, 2.24) is 0 Å². The molecule has 3 N–H and O–H groups in total. The molecule has 2 rings (SSSR count). The van der Waals surface area contributed by atoms with Crippen molar-refractivity contribution in [2.24, 2.45) is 17.1 Å². The Hall–Kier alpha value is -0.130. The van der Waals surface area contributed by atoms with Crippen LogP contribution in [0, 0.1) is 11.3 Å². The molecule has 1 heterocycles. The molecule has 2 aliphatic rings. The summed E-state index contributed by atoms with van der Waals surface area (Å²) >= 11 is 0. The van der Waals surface area contributed by atoms with Crippen molar-refractivity contribution in [1.29, 1.82) is 0 Å². The summed E-state index contributed by atoms with van der Waals surface area (Å²) in [4.78, 5) is 0. The largest absolute Gasteiger partial charge is 0.392 e. The van der Waals surface area contributed by atoms with Gasteiger partial charge in [0.05, 0.1) is 17.6 Å². The van der Waals surface area contributed by atoms with Gasteiger partial charge in [0.25, 0.3) is 0 Å². The van der Waals surface area contributed by atoms with E-state index < -0.39 is 21.4 Å². The van der Waals surface area contributed by atoms with Crippen LogP contribution in [0.25, 0.3) is 0 Å². The van der Waals surface area contributed by atoms with Gasteiger partial charge in [-0.1, -0.05) is 19.3 Å². The highest BCUT2D eigenvalue weighted by molar-refractivity contribution is 7.91. The lowest BCUT2D eigenvalue weighted by Crippen LogP contribution is -2.47. The van der Waals surface area contributed by atoms with E-state index in [1.165, 1.54) is 6.42 Å². The number of aliphatic hydroxyl groups is 1. The van der Waals surface area contributed by atoms with Crippen LogP contribution in [0.5, 0.6) is 0 Å². The van der Waals surface area contributed by atoms with Crippen molar-refractivity contribution in [3.05, 3.63) is 0 Å². The lowest BCUT2D eigenvalue weighted by Gasteiger charge is -2.38. The SMILES string of the molecule is NCC1(C(O)C2CCCCC2)CCS(=O)(=O)C1. The van der Waals surface area contributed by atoms with Gasteiger partial charge in [-0.25, -0.2) is 8.42 Å². The molecular formula is C12H23NO3S. The van der Waals surface area contributed by atoms with Crippen molar-refractivity contribution in [3.8, 4) is 0 Å². The van der Waals surface area contributed by atoms with Crippen LogP contribution in [-0.4, -0.2) is 37.7 Å². The van der Waals surface area contributed by atoms with Gasteiger partial charge in [0.15, 0.2) is 9.84 Å². The van der Waals surface area contributed by atoms with Crippen LogP contribution in [0.2, 0.25) is 0 Å². The van der Waals surface area contributed by atoms with E-state index in [0.717, 1.165) is 25.7 Å². The second-order valence-electron chi connectivity index (χ2n) is 5.75. The molecule has 17 heavy (non-hydrogen) atoms. The second kappa shape index (κ2) is 4.86. The normalized spacial score (nSPS) is 35.9. The third-order valence-corrected chi connectivity index (χ3v) is 6.39. The number of hydrogen-bond acceptors (Lipinski definition) is 4. The van der Waals surface area contributed by atoms with E-state index in [4.69, 9.17) is 5.73 Å². The molecule has 2 unspecified atom stereocenters. The number of aliphatic hydroxyl groups excluding tert-OH is 1. The zero-order chi connectivity index (χ0) is 12.5. The summed E-state index contributed by atoms with van der Waals surface area (Å²) in [7, 11) is -2.99. The summed E-state index contributed by atoms with van der Waals surface area (Å²) in [6.45, 7) is 0.282. The monoisotopic (exact) mass is 261 g/mol. The summed E-state index contributed by atoms with van der Waals surface area (Å²) in [6.07, 6.45) is 5.56. The lowest BCUT2D eigenvalue weighted by molar-refractivity contribution is -0.0128. The van der Waals surface area contributed by atoms with Gasteiger partial charge in [0.2, 0.25) is 0 Å². The van der Waals surface area contributed by atoms with E-state index in [-0.39, 0.29) is 24.0 Å². The van der Waals surface area contributed by atoms with Crippen LogP contribution >= 0.6 is 0 Å². The Bertz CT molecular complexity index is 362. The van der Waals surface area contributed by atoms with Crippen LogP contribution in [0.4, 0.5) is 0 Å². The number of rotatable bonds is 3. The Kier molecular flexibility index (Phi) is 3.80. The first-order valence-corrected chi connectivity index (χ1v) is 8.40. The third kappa shape index (κ3) is 2.66. The molecule has 0 aromatic heterocycles.